The average molecular weight is 275 g/mol. The molecule has 3 aromatic rings. The van der Waals surface area contributed by atoms with Crippen LogP contribution in [0.1, 0.15) is 15.9 Å². The van der Waals surface area contributed by atoms with Gasteiger partial charge in [-0.05, 0) is 30.3 Å². The fraction of sp³-hybridized carbons (Fsp3) is 0. The van der Waals surface area contributed by atoms with Crippen LogP contribution in [0.3, 0.4) is 0 Å². The van der Waals surface area contributed by atoms with Crippen molar-refractivity contribution < 1.29 is 9.18 Å². The summed E-state index contributed by atoms with van der Waals surface area (Å²) in [5, 5.41) is 0.927. The van der Waals surface area contributed by atoms with E-state index in [0.717, 1.165) is 6.07 Å². The van der Waals surface area contributed by atoms with Crippen LogP contribution >= 0.6 is 11.6 Å². The summed E-state index contributed by atoms with van der Waals surface area (Å²) in [7, 11) is 0. The molecule has 0 spiro atoms. The van der Waals surface area contributed by atoms with Crippen molar-refractivity contribution in [1.29, 1.82) is 0 Å². The average Bonchev–Trinajstić information content (AvgIpc) is 2.82. The number of fused-ring (bicyclic) bond motifs is 1. The molecule has 1 aromatic carbocycles. The Labute approximate surface area is 113 Å². The number of carbonyl (C=O) groups is 1. The number of ketones is 1. The fourth-order valence-corrected chi connectivity index (χ4v) is 2.12. The number of nitrogens with zero attached hydrogens (tertiary/aromatic N) is 1. The summed E-state index contributed by atoms with van der Waals surface area (Å²) in [5.41, 5.74) is 0.985. The fourth-order valence-electron chi connectivity index (χ4n) is 1.96. The van der Waals surface area contributed by atoms with Gasteiger partial charge in [-0.15, -0.1) is 0 Å². The lowest BCUT2D eigenvalue weighted by atomic mass is 10.0. The second kappa shape index (κ2) is 4.48. The number of benzene rings is 1. The van der Waals surface area contributed by atoms with Crippen molar-refractivity contribution >= 4 is 28.4 Å². The highest BCUT2D eigenvalue weighted by atomic mass is 35.5. The summed E-state index contributed by atoms with van der Waals surface area (Å²) in [6.07, 6.45) is 3.16. The van der Waals surface area contributed by atoms with Crippen LogP contribution in [0.2, 0.25) is 5.02 Å². The van der Waals surface area contributed by atoms with Gasteiger partial charge in [0, 0.05) is 28.4 Å². The Bertz CT molecular complexity index is 782. The zero-order valence-electron chi connectivity index (χ0n) is 9.65. The van der Waals surface area contributed by atoms with Crippen LogP contribution in [-0.2, 0) is 0 Å². The van der Waals surface area contributed by atoms with Crippen LogP contribution in [-0.4, -0.2) is 15.8 Å². The second-order valence-electron chi connectivity index (χ2n) is 4.06. The van der Waals surface area contributed by atoms with Gasteiger partial charge in [0.05, 0.1) is 5.56 Å². The molecule has 0 unspecified atom stereocenters. The van der Waals surface area contributed by atoms with Crippen molar-refractivity contribution in [2.75, 3.05) is 0 Å². The standard InChI is InChI=1S/C14H8ClFN2O/c15-8-3-4-10(12(16)6-8)13(19)11-7-18-14-9(11)2-1-5-17-14/h1-7H,(H,17,18). The maximum atomic E-state index is 13.8. The lowest BCUT2D eigenvalue weighted by Crippen LogP contribution is -2.03. The molecule has 0 saturated carbocycles. The maximum absolute atomic E-state index is 13.8. The van der Waals surface area contributed by atoms with E-state index in [1.165, 1.54) is 18.3 Å². The minimum absolute atomic E-state index is 0.00541. The lowest BCUT2D eigenvalue weighted by molar-refractivity contribution is 0.103. The number of aromatic nitrogens is 2. The van der Waals surface area contributed by atoms with Gasteiger partial charge < -0.3 is 4.98 Å². The topological polar surface area (TPSA) is 45.8 Å². The van der Waals surface area contributed by atoms with Crippen molar-refractivity contribution in [2.45, 2.75) is 0 Å². The third-order valence-corrected chi connectivity index (χ3v) is 3.11. The summed E-state index contributed by atoms with van der Waals surface area (Å²) < 4.78 is 13.8. The number of hydrogen-bond acceptors (Lipinski definition) is 2. The second-order valence-corrected chi connectivity index (χ2v) is 4.49. The molecule has 94 valence electrons. The summed E-state index contributed by atoms with van der Waals surface area (Å²) in [6.45, 7) is 0. The number of nitrogens with one attached hydrogen (secondary N) is 1. The Morgan fingerprint density at radius 2 is 2.11 bits per heavy atom. The zero-order valence-corrected chi connectivity index (χ0v) is 10.4. The van der Waals surface area contributed by atoms with Gasteiger partial charge >= 0.3 is 0 Å². The van der Waals surface area contributed by atoms with E-state index in [-0.39, 0.29) is 10.6 Å². The number of carbonyl (C=O) groups excluding carboxylic acids is 1. The van der Waals surface area contributed by atoms with Gasteiger partial charge in [0.25, 0.3) is 0 Å². The number of rotatable bonds is 2. The molecule has 5 heteroatoms. The predicted molar refractivity (Wildman–Crippen MR) is 70.9 cm³/mol. The number of halogens is 2. The highest BCUT2D eigenvalue weighted by Gasteiger charge is 2.18. The minimum atomic E-state index is -0.629. The van der Waals surface area contributed by atoms with E-state index in [0.29, 0.717) is 16.6 Å². The first-order valence-corrected chi connectivity index (χ1v) is 5.96. The number of aromatic amines is 1. The van der Waals surface area contributed by atoms with Crippen LogP contribution in [0, 0.1) is 5.82 Å². The van der Waals surface area contributed by atoms with E-state index in [1.807, 2.05) is 0 Å². The molecule has 2 aromatic heterocycles. The Morgan fingerprint density at radius 3 is 2.89 bits per heavy atom. The van der Waals surface area contributed by atoms with E-state index in [4.69, 9.17) is 11.6 Å². The third-order valence-electron chi connectivity index (χ3n) is 2.87. The highest BCUT2D eigenvalue weighted by molar-refractivity contribution is 6.30. The quantitative estimate of drug-likeness (QED) is 0.726. The van der Waals surface area contributed by atoms with Gasteiger partial charge in [-0.25, -0.2) is 9.37 Å². The Balaban J connectivity index is 2.13. The summed E-state index contributed by atoms with van der Waals surface area (Å²) in [4.78, 5) is 19.3. The first-order valence-electron chi connectivity index (χ1n) is 5.58. The van der Waals surface area contributed by atoms with Crippen LogP contribution in [0.5, 0.6) is 0 Å². The highest BCUT2D eigenvalue weighted by Crippen LogP contribution is 2.22. The molecule has 19 heavy (non-hydrogen) atoms. The molecule has 3 rings (SSSR count). The molecule has 0 aliphatic rings. The van der Waals surface area contributed by atoms with Crippen molar-refractivity contribution in [3.8, 4) is 0 Å². The molecule has 3 nitrogen and oxygen atoms in total. The third kappa shape index (κ3) is 2.00. The van der Waals surface area contributed by atoms with Gasteiger partial charge in [-0.1, -0.05) is 11.6 Å². The molecule has 0 atom stereocenters. The molecule has 0 amide bonds. The predicted octanol–water partition coefficient (Wildman–Crippen LogP) is 3.59. The Morgan fingerprint density at radius 1 is 1.26 bits per heavy atom. The van der Waals surface area contributed by atoms with Crippen molar-refractivity contribution in [3.05, 3.63) is 64.7 Å². The summed E-state index contributed by atoms with van der Waals surface area (Å²) in [6, 6.07) is 7.49. The van der Waals surface area contributed by atoms with Gasteiger partial charge in [-0.3, -0.25) is 4.79 Å². The van der Waals surface area contributed by atoms with Crippen LogP contribution in [0.15, 0.2) is 42.7 Å². The Kier molecular flexibility index (Phi) is 2.80. The first kappa shape index (κ1) is 11.9. The number of H-pyrrole nitrogens is 1. The Hall–Kier alpha value is -2.20. The minimum Gasteiger partial charge on any atom is -0.345 e. The van der Waals surface area contributed by atoms with Crippen molar-refractivity contribution in [2.24, 2.45) is 0 Å². The summed E-state index contributed by atoms with van der Waals surface area (Å²) >= 11 is 5.67. The van der Waals surface area contributed by atoms with Gasteiger partial charge in [0.2, 0.25) is 0 Å². The van der Waals surface area contributed by atoms with Gasteiger partial charge in [0.1, 0.15) is 11.5 Å². The molecule has 0 radical (unpaired) electrons. The molecule has 0 bridgehead atoms. The largest absolute Gasteiger partial charge is 0.345 e. The van der Waals surface area contributed by atoms with E-state index >= 15 is 0 Å². The van der Waals surface area contributed by atoms with Crippen LogP contribution in [0.25, 0.3) is 11.0 Å². The summed E-state index contributed by atoms with van der Waals surface area (Å²) in [5.74, 6) is -1.02. The van der Waals surface area contributed by atoms with Crippen molar-refractivity contribution in [1.82, 2.24) is 9.97 Å². The molecule has 2 heterocycles. The molecule has 0 aliphatic heterocycles. The van der Waals surface area contributed by atoms with Gasteiger partial charge in [0.15, 0.2) is 5.78 Å². The number of hydrogen-bond donors (Lipinski definition) is 1. The molecular weight excluding hydrogens is 267 g/mol. The molecular formula is C14H8ClFN2O. The van der Waals surface area contributed by atoms with E-state index in [2.05, 4.69) is 9.97 Å². The van der Waals surface area contributed by atoms with Crippen LogP contribution in [0.4, 0.5) is 4.39 Å². The molecule has 1 N–H and O–H groups in total. The maximum Gasteiger partial charge on any atom is 0.198 e. The number of pyridine rings is 1. The van der Waals surface area contributed by atoms with E-state index in [9.17, 15) is 9.18 Å². The first-order chi connectivity index (χ1) is 9.16. The molecule has 0 saturated heterocycles. The van der Waals surface area contributed by atoms with E-state index in [1.54, 1.807) is 18.3 Å². The SMILES string of the molecule is O=C(c1ccc(Cl)cc1F)c1c[nH]c2ncccc12. The monoisotopic (exact) mass is 274 g/mol. The molecule has 0 aliphatic carbocycles. The van der Waals surface area contributed by atoms with Crippen molar-refractivity contribution in [3.63, 3.8) is 0 Å². The zero-order chi connectivity index (χ0) is 13.4. The smallest absolute Gasteiger partial charge is 0.198 e. The lowest BCUT2D eigenvalue weighted by Gasteiger charge is -2.02. The molecule has 0 fully saturated rings. The normalized spacial score (nSPS) is 10.8. The van der Waals surface area contributed by atoms with Crippen LogP contribution < -0.4 is 0 Å². The van der Waals surface area contributed by atoms with Gasteiger partial charge in [-0.2, -0.15) is 0 Å². The van der Waals surface area contributed by atoms with E-state index < -0.39 is 11.6 Å².